The molecule has 0 aromatic heterocycles. The summed E-state index contributed by atoms with van der Waals surface area (Å²) in [5.74, 6) is 1.06. The zero-order valence-electron chi connectivity index (χ0n) is 14.6. The summed E-state index contributed by atoms with van der Waals surface area (Å²) in [4.78, 5) is 0. The Morgan fingerprint density at radius 1 is 0.905 bits per heavy atom. The number of aliphatic hydroxyl groups excluding tert-OH is 1. The maximum atomic E-state index is 10.4. The van der Waals surface area contributed by atoms with Gasteiger partial charge in [0, 0.05) is 0 Å². The maximum Gasteiger partial charge on any atom is 0.0956 e. The van der Waals surface area contributed by atoms with Gasteiger partial charge in [0.2, 0.25) is 0 Å². The number of oxime groups is 1. The molecule has 3 unspecified atom stereocenters. The molecule has 3 atom stereocenters. The number of unbranched alkanes of at least 4 members (excludes halogenated alkanes) is 2. The second-order valence-electron chi connectivity index (χ2n) is 6.38. The van der Waals surface area contributed by atoms with E-state index in [0.717, 1.165) is 38.5 Å². The zero-order valence-corrected chi connectivity index (χ0v) is 14.6. The fourth-order valence-electron chi connectivity index (χ4n) is 2.92. The van der Waals surface area contributed by atoms with Crippen molar-refractivity contribution in [1.29, 1.82) is 0 Å². The van der Waals surface area contributed by atoms with E-state index >= 15 is 0 Å². The summed E-state index contributed by atoms with van der Waals surface area (Å²) in [5, 5.41) is 23.1. The second kappa shape index (κ2) is 13.1. The van der Waals surface area contributed by atoms with Crippen LogP contribution in [0, 0.1) is 11.8 Å². The van der Waals surface area contributed by atoms with Gasteiger partial charge in [-0.15, -0.1) is 0 Å². The number of hydrogen-bond donors (Lipinski definition) is 2. The van der Waals surface area contributed by atoms with E-state index in [1.807, 2.05) is 0 Å². The van der Waals surface area contributed by atoms with E-state index in [1.54, 1.807) is 0 Å². The van der Waals surface area contributed by atoms with Gasteiger partial charge in [0.15, 0.2) is 0 Å². The van der Waals surface area contributed by atoms with Crippen molar-refractivity contribution in [3.63, 3.8) is 0 Å². The van der Waals surface area contributed by atoms with Crippen LogP contribution in [0.5, 0.6) is 0 Å². The number of hydrogen-bond acceptors (Lipinski definition) is 3. The van der Waals surface area contributed by atoms with E-state index in [4.69, 9.17) is 0 Å². The summed E-state index contributed by atoms with van der Waals surface area (Å²) in [6, 6.07) is 0. The molecular weight excluding hydrogens is 262 g/mol. The Labute approximate surface area is 131 Å². The summed E-state index contributed by atoms with van der Waals surface area (Å²) in [6.45, 7) is 8.75. The topological polar surface area (TPSA) is 52.8 Å². The largest absolute Gasteiger partial charge is 0.411 e. The Kier molecular flexibility index (Phi) is 12.8. The van der Waals surface area contributed by atoms with Gasteiger partial charge in [0.05, 0.1) is 11.8 Å². The molecule has 3 heteroatoms. The minimum Gasteiger partial charge on any atom is -0.411 e. The Morgan fingerprint density at radius 2 is 1.43 bits per heavy atom. The molecule has 0 bridgehead atoms. The van der Waals surface area contributed by atoms with E-state index < -0.39 is 6.10 Å². The van der Waals surface area contributed by atoms with Crippen LogP contribution in [-0.2, 0) is 0 Å². The van der Waals surface area contributed by atoms with Crippen molar-refractivity contribution in [1.82, 2.24) is 0 Å². The van der Waals surface area contributed by atoms with Gasteiger partial charge in [0.25, 0.3) is 0 Å². The molecule has 0 aliphatic rings. The molecule has 0 aliphatic carbocycles. The van der Waals surface area contributed by atoms with Crippen LogP contribution in [0.25, 0.3) is 0 Å². The molecule has 0 aromatic carbocycles. The van der Waals surface area contributed by atoms with Gasteiger partial charge in [0.1, 0.15) is 0 Å². The van der Waals surface area contributed by atoms with Crippen molar-refractivity contribution >= 4 is 5.71 Å². The maximum absolute atomic E-state index is 10.4. The van der Waals surface area contributed by atoms with Gasteiger partial charge < -0.3 is 10.3 Å². The van der Waals surface area contributed by atoms with Crippen molar-refractivity contribution in [3.8, 4) is 0 Å². The summed E-state index contributed by atoms with van der Waals surface area (Å²) < 4.78 is 0. The first kappa shape index (κ1) is 20.4. The molecule has 0 amide bonds. The first-order valence-electron chi connectivity index (χ1n) is 9.01. The monoisotopic (exact) mass is 299 g/mol. The average Bonchev–Trinajstić information content (AvgIpc) is 2.51. The molecule has 0 aromatic rings. The van der Waals surface area contributed by atoms with Crippen molar-refractivity contribution in [2.24, 2.45) is 17.0 Å². The SMILES string of the molecule is CCCCC(CC)CC(=NO)C(O)CC(CC)CCCC. The van der Waals surface area contributed by atoms with Gasteiger partial charge >= 0.3 is 0 Å². The molecule has 126 valence electrons. The number of aliphatic hydroxyl groups is 1. The molecule has 3 nitrogen and oxygen atoms in total. The fraction of sp³-hybridized carbons (Fsp3) is 0.944. The van der Waals surface area contributed by atoms with Gasteiger partial charge in [-0.25, -0.2) is 0 Å². The van der Waals surface area contributed by atoms with Gasteiger partial charge in [-0.05, 0) is 24.7 Å². The molecule has 21 heavy (non-hydrogen) atoms. The third-order valence-corrected chi connectivity index (χ3v) is 4.65. The minimum atomic E-state index is -0.576. The molecular formula is C18H37NO2. The van der Waals surface area contributed by atoms with Crippen LogP contribution in [-0.4, -0.2) is 22.1 Å². The van der Waals surface area contributed by atoms with Crippen molar-refractivity contribution < 1.29 is 10.3 Å². The fourth-order valence-corrected chi connectivity index (χ4v) is 2.92. The number of nitrogens with zero attached hydrogens (tertiary/aromatic N) is 1. The van der Waals surface area contributed by atoms with Gasteiger partial charge in [-0.1, -0.05) is 84.2 Å². The lowest BCUT2D eigenvalue weighted by atomic mass is 9.87. The molecule has 0 saturated heterocycles. The third-order valence-electron chi connectivity index (χ3n) is 4.65. The highest BCUT2D eigenvalue weighted by atomic mass is 16.4. The van der Waals surface area contributed by atoms with Crippen LogP contribution in [0.4, 0.5) is 0 Å². The summed E-state index contributed by atoms with van der Waals surface area (Å²) in [5.41, 5.74) is 0.591. The Balaban J connectivity index is 4.42. The van der Waals surface area contributed by atoms with E-state index in [-0.39, 0.29) is 0 Å². The van der Waals surface area contributed by atoms with Gasteiger partial charge in [-0.3, -0.25) is 0 Å². The Bertz CT molecular complexity index is 266. The van der Waals surface area contributed by atoms with Crippen LogP contribution >= 0.6 is 0 Å². The van der Waals surface area contributed by atoms with E-state index in [0.29, 0.717) is 17.5 Å². The number of rotatable bonds is 13. The minimum absolute atomic E-state index is 0.529. The first-order valence-corrected chi connectivity index (χ1v) is 9.01. The molecule has 0 saturated carbocycles. The van der Waals surface area contributed by atoms with Crippen LogP contribution in [0.3, 0.4) is 0 Å². The second-order valence-corrected chi connectivity index (χ2v) is 6.38. The highest BCUT2D eigenvalue weighted by molar-refractivity contribution is 5.88. The van der Waals surface area contributed by atoms with Crippen molar-refractivity contribution in [3.05, 3.63) is 0 Å². The van der Waals surface area contributed by atoms with Gasteiger partial charge in [-0.2, -0.15) is 0 Å². The van der Waals surface area contributed by atoms with Crippen LogP contribution in [0.15, 0.2) is 5.16 Å². The average molecular weight is 299 g/mol. The van der Waals surface area contributed by atoms with Crippen LogP contribution in [0.2, 0.25) is 0 Å². The lowest BCUT2D eigenvalue weighted by Gasteiger charge is -2.22. The highest BCUT2D eigenvalue weighted by Gasteiger charge is 2.21. The van der Waals surface area contributed by atoms with Crippen molar-refractivity contribution in [2.45, 2.75) is 98.0 Å². The first-order chi connectivity index (χ1) is 10.1. The van der Waals surface area contributed by atoms with Crippen molar-refractivity contribution in [2.75, 3.05) is 0 Å². The molecule has 0 rings (SSSR count). The summed E-state index contributed by atoms with van der Waals surface area (Å²) >= 11 is 0. The van der Waals surface area contributed by atoms with Crippen LogP contribution in [0.1, 0.15) is 91.9 Å². The normalized spacial score (nSPS) is 16.7. The smallest absolute Gasteiger partial charge is 0.0956 e. The Hall–Kier alpha value is -0.570. The quantitative estimate of drug-likeness (QED) is 0.272. The molecule has 0 spiro atoms. The molecule has 0 heterocycles. The standard InChI is InChI=1S/C18H37NO2/c1-5-9-11-15(7-3)13-17(19-21)18(20)14-16(8-4)12-10-6-2/h15-16,18,20-21H,5-14H2,1-4H3. The summed E-state index contributed by atoms with van der Waals surface area (Å²) in [6.07, 6.45) is 10.2. The van der Waals surface area contributed by atoms with E-state index in [1.165, 1.54) is 25.7 Å². The van der Waals surface area contributed by atoms with E-state index in [9.17, 15) is 10.3 Å². The molecule has 2 N–H and O–H groups in total. The zero-order chi connectivity index (χ0) is 16.1. The highest BCUT2D eigenvalue weighted by Crippen LogP contribution is 2.23. The third kappa shape index (κ3) is 9.13. The molecule has 0 fully saturated rings. The molecule has 0 radical (unpaired) electrons. The molecule has 0 aliphatic heterocycles. The lowest BCUT2D eigenvalue weighted by Crippen LogP contribution is -2.26. The predicted octanol–water partition coefficient (Wildman–Crippen LogP) is 5.39. The van der Waals surface area contributed by atoms with E-state index in [2.05, 4.69) is 32.9 Å². The Morgan fingerprint density at radius 3 is 1.86 bits per heavy atom. The lowest BCUT2D eigenvalue weighted by molar-refractivity contribution is 0.185. The predicted molar refractivity (Wildman–Crippen MR) is 91.1 cm³/mol. The summed E-state index contributed by atoms with van der Waals surface area (Å²) in [7, 11) is 0. The van der Waals surface area contributed by atoms with Crippen LogP contribution < -0.4 is 0 Å².